The zero-order valence-corrected chi connectivity index (χ0v) is 34.8. The predicted octanol–water partition coefficient (Wildman–Crippen LogP) is 8.01. The van der Waals surface area contributed by atoms with Crippen molar-refractivity contribution < 1.29 is 45.4 Å². The lowest BCUT2D eigenvalue weighted by atomic mass is 9.91. The molecule has 2 amide bonds. The molecule has 4 aromatic heterocycles. The zero-order valence-electron chi connectivity index (χ0n) is 34.1. The van der Waals surface area contributed by atoms with Crippen LogP contribution in [0.25, 0.3) is 11.6 Å². The maximum absolute atomic E-state index is 13.0. The maximum Gasteiger partial charge on any atom is 0.434 e. The molecule has 0 radical (unpaired) electrons. The standard InChI is InChI=1S/C21H22F3N5O2.C14H20N2O2.C7H3ClF3N3/c1-31-16-8-2-13(3-9-16)19(30)27-15-6-4-14(5-7-15)26-18-10-11-25-20-28-17(12-29(18)20)21(22,23)24;1-18-13-8-2-10(3-9-13)14(17)16-12-6-4-11(15)5-7-12;8-5-1-2-12-6-13-4(3-14(5)6)7(9,10)11/h2-3,8-12,14-15,26H,4-7H2,1H3,(H,27,30);2-3,8-9,11-12H,4-7,15H2,1H3,(H,16,17);1-3H. The van der Waals surface area contributed by atoms with Crippen LogP contribution < -0.4 is 31.2 Å². The van der Waals surface area contributed by atoms with E-state index in [1.54, 1.807) is 68.8 Å². The summed E-state index contributed by atoms with van der Waals surface area (Å²) < 4.78 is 88.1. The van der Waals surface area contributed by atoms with Gasteiger partial charge in [-0.05, 0) is 112 Å². The van der Waals surface area contributed by atoms with Crippen molar-refractivity contribution >= 4 is 40.8 Å². The van der Waals surface area contributed by atoms with Crippen LogP contribution in [-0.4, -0.2) is 78.9 Å². The minimum Gasteiger partial charge on any atom is -0.497 e. The molecule has 0 unspecified atom stereocenters. The summed E-state index contributed by atoms with van der Waals surface area (Å²) in [7, 11) is 3.18. The van der Waals surface area contributed by atoms with Crippen LogP contribution in [-0.2, 0) is 12.4 Å². The molecule has 2 aliphatic carbocycles. The van der Waals surface area contributed by atoms with Gasteiger partial charge in [-0.15, -0.1) is 0 Å². The third-order valence-corrected chi connectivity index (χ3v) is 10.8. The summed E-state index contributed by atoms with van der Waals surface area (Å²) in [5.41, 5.74) is 5.11. The Morgan fingerprint density at radius 3 is 1.49 bits per heavy atom. The first-order chi connectivity index (χ1) is 30.0. The van der Waals surface area contributed by atoms with Crippen LogP contribution in [0.2, 0.25) is 5.15 Å². The second kappa shape index (κ2) is 20.4. The van der Waals surface area contributed by atoms with Gasteiger partial charge < -0.3 is 31.2 Å². The number of aromatic nitrogens is 6. The zero-order chi connectivity index (χ0) is 45.3. The number of amides is 2. The number of carbonyl (C=O) groups is 2. The highest BCUT2D eigenvalue weighted by Gasteiger charge is 2.35. The monoisotopic (exact) mass is 902 g/mol. The topological polar surface area (TPSA) is 175 Å². The number of fused-ring (bicyclic) bond motifs is 2. The summed E-state index contributed by atoms with van der Waals surface area (Å²) in [4.78, 5) is 38.8. The van der Waals surface area contributed by atoms with Crippen molar-refractivity contribution in [1.29, 1.82) is 0 Å². The number of nitrogens with zero attached hydrogens (tertiary/aromatic N) is 6. The molecule has 8 rings (SSSR count). The van der Waals surface area contributed by atoms with E-state index in [1.807, 2.05) is 0 Å². The van der Waals surface area contributed by atoms with Gasteiger partial charge in [0.1, 0.15) is 22.5 Å². The Labute approximate surface area is 362 Å². The van der Waals surface area contributed by atoms with Crippen molar-refractivity contribution in [3.8, 4) is 11.5 Å². The molecule has 0 atom stereocenters. The van der Waals surface area contributed by atoms with Crippen molar-refractivity contribution in [3.63, 3.8) is 0 Å². The SMILES string of the molecule is COc1ccc(C(=O)NC2CCC(N)CC2)cc1.COc1ccc(C(=O)NC2CCC(Nc3ccnc4nc(C(F)(F)F)cn34)CC2)cc1.FC(F)(F)c1cn2c(Cl)ccnc2n1. The molecule has 0 saturated heterocycles. The summed E-state index contributed by atoms with van der Waals surface area (Å²) in [5, 5.41) is 9.54. The molecule has 0 aliphatic heterocycles. The van der Waals surface area contributed by atoms with E-state index < -0.39 is 23.7 Å². The van der Waals surface area contributed by atoms with E-state index in [-0.39, 0.29) is 46.6 Å². The van der Waals surface area contributed by atoms with E-state index in [9.17, 15) is 35.9 Å². The Hall–Kier alpha value is -6.15. The molecule has 2 aromatic carbocycles. The molecule has 6 aromatic rings. The Kier molecular flexibility index (Phi) is 15.0. The molecular weight excluding hydrogens is 858 g/mol. The first kappa shape index (κ1) is 46.4. The molecule has 2 saturated carbocycles. The lowest BCUT2D eigenvalue weighted by Crippen LogP contribution is -2.40. The van der Waals surface area contributed by atoms with E-state index in [0.717, 1.165) is 73.9 Å². The molecule has 0 spiro atoms. The summed E-state index contributed by atoms with van der Waals surface area (Å²) in [6, 6.07) is 17.8. The summed E-state index contributed by atoms with van der Waals surface area (Å²) in [6.07, 6.45) is 2.52. The van der Waals surface area contributed by atoms with Crippen molar-refractivity contribution in [3.05, 3.63) is 113 Å². The van der Waals surface area contributed by atoms with Gasteiger partial charge in [-0.1, -0.05) is 11.6 Å². The average Bonchev–Trinajstić information content (AvgIpc) is 3.94. The number of anilines is 1. The number of halogens is 7. The van der Waals surface area contributed by atoms with Crippen LogP contribution in [0.4, 0.5) is 32.2 Å². The number of hydrogen-bond acceptors (Lipinski definition) is 10. The molecule has 2 aliphatic rings. The third kappa shape index (κ3) is 12.5. The van der Waals surface area contributed by atoms with Crippen LogP contribution in [0.5, 0.6) is 11.5 Å². The van der Waals surface area contributed by atoms with E-state index in [4.69, 9.17) is 26.8 Å². The molecule has 2 fully saturated rings. The number of alkyl halides is 6. The van der Waals surface area contributed by atoms with Crippen LogP contribution >= 0.6 is 11.6 Å². The third-order valence-electron chi connectivity index (χ3n) is 10.5. The van der Waals surface area contributed by atoms with Gasteiger partial charge >= 0.3 is 12.4 Å². The number of hydrogen-bond donors (Lipinski definition) is 4. The van der Waals surface area contributed by atoms with E-state index >= 15 is 0 Å². The molecule has 5 N–H and O–H groups in total. The number of nitrogens with two attached hydrogens (primary N) is 1. The van der Waals surface area contributed by atoms with Crippen molar-refractivity contribution in [2.24, 2.45) is 5.73 Å². The van der Waals surface area contributed by atoms with Crippen LogP contribution in [0.15, 0.2) is 85.5 Å². The first-order valence-electron chi connectivity index (χ1n) is 19.9. The molecule has 63 heavy (non-hydrogen) atoms. The molecular formula is C42H45ClF6N10O4. The van der Waals surface area contributed by atoms with Crippen molar-refractivity contribution in [2.45, 2.75) is 87.9 Å². The smallest absolute Gasteiger partial charge is 0.434 e. The fourth-order valence-corrected chi connectivity index (χ4v) is 7.21. The highest BCUT2D eigenvalue weighted by Crippen LogP contribution is 2.31. The van der Waals surface area contributed by atoms with E-state index in [1.165, 1.54) is 22.9 Å². The number of nitrogens with one attached hydrogen (secondary N) is 3. The van der Waals surface area contributed by atoms with Gasteiger partial charge in [0.25, 0.3) is 11.8 Å². The minimum absolute atomic E-state index is 0.00207. The van der Waals surface area contributed by atoms with E-state index in [2.05, 4.69) is 35.9 Å². The summed E-state index contributed by atoms with van der Waals surface area (Å²) >= 11 is 5.64. The normalized spacial score (nSPS) is 18.9. The number of rotatable bonds is 8. The number of carbonyl (C=O) groups excluding carboxylic acids is 2. The lowest BCUT2D eigenvalue weighted by molar-refractivity contribution is -0.141. The molecule has 336 valence electrons. The van der Waals surface area contributed by atoms with Crippen LogP contribution in [0.3, 0.4) is 0 Å². The van der Waals surface area contributed by atoms with Crippen molar-refractivity contribution in [1.82, 2.24) is 39.4 Å². The highest BCUT2D eigenvalue weighted by molar-refractivity contribution is 6.29. The Balaban J connectivity index is 0.000000174. The largest absolute Gasteiger partial charge is 0.497 e. The maximum atomic E-state index is 13.0. The lowest BCUT2D eigenvalue weighted by Gasteiger charge is -2.30. The molecule has 21 heteroatoms. The molecule has 4 heterocycles. The van der Waals surface area contributed by atoms with Crippen LogP contribution in [0.1, 0.15) is 83.5 Å². The second-order valence-corrected chi connectivity index (χ2v) is 15.3. The van der Waals surface area contributed by atoms with Gasteiger partial charge in [0.15, 0.2) is 11.4 Å². The number of methoxy groups -OCH3 is 2. The fourth-order valence-electron chi connectivity index (χ4n) is 7.03. The van der Waals surface area contributed by atoms with Gasteiger partial charge in [0, 0.05) is 60.1 Å². The quantitative estimate of drug-likeness (QED) is 0.0866. The van der Waals surface area contributed by atoms with Gasteiger partial charge in [-0.25, -0.2) is 19.9 Å². The van der Waals surface area contributed by atoms with Gasteiger partial charge in [-0.2, -0.15) is 26.3 Å². The van der Waals surface area contributed by atoms with Gasteiger partial charge in [-0.3, -0.25) is 18.4 Å². The summed E-state index contributed by atoms with van der Waals surface area (Å²) in [5.74, 6) is 1.75. The Morgan fingerprint density at radius 1 is 0.635 bits per heavy atom. The first-order valence-corrected chi connectivity index (χ1v) is 20.3. The second-order valence-electron chi connectivity index (χ2n) is 14.9. The number of imidazole rings is 2. The highest BCUT2D eigenvalue weighted by atomic mass is 35.5. The fraction of sp³-hybridized carbons (Fsp3) is 0.381. The van der Waals surface area contributed by atoms with E-state index in [0.29, 0.717) is 28.7 Å². The average molecular weight is 903 g/mol. The number of benzene rings is 2. The molecule has 14 nitrogen and oxygen atoms in total. The van der Waals surface area contributed by atoms with Gasteiger partial charge in [0.05, 0.1) is 14.2 Å². The number of ether oxygens (including phenoxy) is 2. The Morgan fingerprint density at radius 2 is 1.05 bits per heavy atom. The van der Waals surface area contributed by atoms with Crippen molar-refractivity contribution in [2.75, 3.05) is 19.5 Å². The predicted molar refractivity (Wildman–Crippen MR) is 222 cm³/mol. The van der Waals surface area contributed by atoms with Gasteiger partial charge in [0.2, 0.25) is 11.6 Å². The minimum atomic E-state index is -4.52. The molecule has 0 bridgehead atoms. The summed E-state index contributed by atoms with van der Waals surface area (Å²) in [6.45, 7) is 0. The van der Waals surface area contributed by atoms with Crippen LogP contribution in [0, 0.1) is 0 Å². The Bertz CT molecular complexity index is 2450.